The van der Waals surface area contributed by atoms with Crippen LogP contribution in [0.25, 0.3) is 0 Å². The molecule has 0 radical (unpaired) electrons. The van der Waals surface area contributed by atoms with Crippen molar-refractivity contribution in [1.82, 2.24) is 9.71 Å². The Morgan fingerprint density at radius 3 is 2.65 bits per heavy atom. The number of hydrogen-bond donors (Lipinski definition) is 2. The third kappa shape index (κ3) is 4.99. The van der Waals surface area contributed by atoms with Gasteiger partial charge in [-0.1, -0.05) is 11.6 Å². The van der Waals surface area contributed by atoms with Gasteiger partial charge >= 0.3 is 0 Å². The summed E-state index contributed by atoms with van der Waals surface area (Å²) in [5.41, 5.74) is 0. The smallest absolute Gasteiger partial charge is 0.242 e. The van der Waals surface area contributed by atoms with Gasteiger partial charge in [0.15, 0.2) is 0 Å². The molecule has 0 saturated carbocycles. The summed E-state index contributed by atoms with van der Waals surface area (Å²) in [6.07, 6.45) is 2.05. The first kappa shape index (κ1) is 14.4. The average molecular weight is 279 g/mol. The molecule has 0 aromatic carbocycles. The summed E-state index contributed by atoms with van der Waals surface area (Å²) < 4.78 is 26.1. The van der Waals surface area contributed by atoms with Crippen molar-refractivity contribution in [3.05, 3.63) is 23.5 Å². The van der Waals surface area contributed by atoms with Crippen molar-refractivity contribution >= 4 is 21.6 Å². The Bertz CT molecular complexity index is 445. The molecular weight excluding hydrogens is 262 g/mol. The van der Waals surface area contributed by atoms with Crippen LogP contribution in [-0.4, -0.2) is 40.6 Å². The van der Waals surface area contributed by atoms with Crippen LogP contribution in [0.15, 0.2) is 23.2 Å². The summed E-state index contributed by atoms with van der Waals surface area (Å²) >= 11 is 5.59. The monoisotopic (exact) mass is 278 g/mol. The van der Waals surface area contributed by atoms with Crippen molar-refractivity contribution in [3.63, 3.8) is 0 Å². The molecule has 0 aliphatic heterocycles. The second kappa shape index (κ2) is 6.30. The van der Waals surface area contributed by atoms with Gasteiger partial charge < -0.3 is 4.90 Å². The molecule has 5 nitrogen and oxygen atoms in total. The van der Waals surface area contributed by atoms with E-state index in [-0.39, 0.29) is 10.0 Å². The lowest BCUT2D eigenvalue weighted by atomic mass is 10.4. The van der Waals surface area contributed by atoms with E-state index in [2.05, 4.69) is 9.71 Å². The maximum Gasteiger partial charge on any atom is 0.242 e. The fourth-order valence-electron chi connectivity index (χ4n) is 1.25. The molecular formula is C10H17ClN3O2S+. The van der Waals surface area contributed by atoms with Crippen LogP contribution in [0.2, 0.25) is 5.15 Å². The molecule has 1 aromatic heterocycles. The Balaban J connectivity index is 2.54. The average Bonchev–Trinajstić information content (AvgIpc) is 2.25. The molecule has 0 spiro atoms. The molecule has 1 heterocycles. The Labute approximate surface area is 107 Å². The van der Waals surface area contributed by atoms with Crippen LogP contribution in [0.4, 0.5) is 0 Å². The number of aromatic nitrogens is 1. The van der Waals surface area contributed by atoms with E-state index in [1.165, 1.54) is 23.2 Å². The van der Waals surface area contributed by atoms with Crippen LogP contribution in [0.5, 0.6) is 0 Å². The summed E-state index contributed by atoms with van der Waals surface area (Å²) in [7, 11) is 0.595. The summed E-state index contributed by atoms with van der Waals surface area (Å²) in [6.45, 7) is 1.34. The normalized spacial score (nSPS) is 12.0. The number of nitrogens with zero attached hydrogens (tertiary/aromatic N) is 1. The van der Waals surface area contributed by atoms with Crippen LogP contribution >= 0.6 is 11.6 Å². The second-order valence-corrected chi connectivity index (χ2v) is 6.18. The SMILES string of the molecule is C[NH+](C)CCCNS(=O)(=O)c1ccc(Cl)nc1. The molecule has 1 rings (SSSR count). The predicted octanol–water partition coefficient (Wildman–Crippen LogP) is -0.452. The maximum atomic E-state index is 11.8. The van der Waals surface area contributed by atoms with Crippen LogP contribution in [0.1, 0.15) is 6.42 Å². The topological polar surface area (TPSA) is 63.5 Å². The number of quaternary nitrogens is 1. The van der Waals surface area contributed by atoms with Crippen molar-refractivity contribution < 1.29 is 13.3 Å². The lowest BCUT2D eigenvalue weighted by Gasteiger charge is -2.08. The lowest BCUT2D eigenvalue weighted by Crippen LogP contribution is -3.05. The van der Waals surface area contributed by atoms with E-state index in [0.717, 1.165) is 13.0 Å². The predicted molar refractivity (Wildman–Crippen MR) is 66.7 cm³/mol. The zero-order valence-electron chi connectivity index (χ0n) is 9.90. The molecule has 7 heteroatoms. The van der Waals surface area contributed by atoms with Crippen LogP contribution in [0, 0.1) is 0 Å². The van der Waals surface area contributed by atoms with Gasteiger partial charge in [0, 0.05) is 19.2 Å². The van der Waals surface area contributed by atoms with Gasteiger partial charge in [0.05, 0.1) is 20.6 Å². The van der Waals surface area contributed by atoms with Crippen molar-refractivity contribution in [3.8, 4) is 0 Å². The van der Waals surface area contributed by atoms with Gasteiger partial charge in [-0.3, -0.25) is 0 Å². The number of halogens is 1. The summed E-state index contributed by atoms with van der Waals surface area (Å²) in [5.74, 6) is 0. The van der Waals surface area contributed by atoms with Gasteiger partial charge in [0.1, 0.15) is 10.0 Å². The van der Waals surface area contributed by atoms with E-state index >= 15 is 0 Å². The molecule has 0 aliphatic carbocycles. The van der Waals surface area contributed by atoms with Crippen LogP contribution < -0.4 is 9.62 Å². The molecule has 17 heavy (non-hydrogen) atoms. The molecule has 0 aliphatic rings. The number of rotatable bonds is 6. The highest BCUT2D eigenvalue weighted by Crippen LogP contribution is 2.10. The highest BCUT2D eigenvalue weighted by atomic mass is 35.5. The van der Waals surface area contributed by atoms with Crippen molar-refractivity contribution in [1.29, 1.82) is 0 Å². The van der Waals surface area contributed by atoms with Gasteiger partial charge in [-0.05, 0) is 12.1 Å². The first-order chi connectivity index (χ1) is 7.92. The van der Waals surface area contributed by atoms with Gasteiger partial charge in [0.25, 0.3) is 0 Å². The summed E-state index contributed by atoms with van der Waals surface area (Å²) in [6, 6.07) is 2.90. The minimum atomic E-state index is -3.46. The molecule has 96 valence electrons. The van der Waals surface area contributed by atoms with Crippen molar-refractivity contribution in [2.75, 3.05) is 27.2 Å². The van der Waals surface area contributed by atoms with Crippen molar-refractivity contribution in [2.45, 2.75) is 11.3 Å². The number of pyridine rings is 1. The number of sulfonamides is 1. The van der Waals surface area contributed by atoms with E-state index < -0.39 is 10.0 Å². The van der Waals surface area contributed by atoms with Crippen molar-refractivity contribution in [2.24, 2.45) is 0 Å². The van der Waals surface area contributed by atoms with Gasteiger partial charge in [-0.2, -0.15) is 0 Å². The van der Waals surface area contributed by atoms with E-state index in [0.29, 0.717) is 6.54 Å². The Morgan fingerprint density at radius 2 is 2.12 bits per heavy atom. The van der Waals surface area contributed by atoms with Gasteiger partial charge in [-0.15, -0.1) is 0 Å². The molecule has 1 aromatic rings. The first-order valence-electron chi connectivity index (χ1n) is 5.32. The van der Waals surface area contributed by atoms with Crippen LogP contribution in [0.3, 0.4) is 0 Å². The molecule has 0 amide bonds. The second-order valence-electron chi connectivity index (χ2n) is 4.03. The lowest BCUT2D eigenvalue weighted by molar-refractivity contribution is -0.858. The highest BCUT2D eigenvalue weighted by Gasteiger charge is 2.13. The fourth-order valence-corrected chi connectivity index (χ4v) is 2.38. The molecule has 2 N–H and O–H groups in total. The number of nitrogens with one attached hydrogen (secondary N) is 2. The summed E-state index contributed by atoms with van der Waals surface area (Å²) in [4.78, 5) is 5.17. The van der Waals surface area contributed by atoms with Crippen LogP contribution in [-0.2, 0) is 10.0 Å². The van der Waals surface area contributed by atoms with E-state index in [1.807, 2.05) is 14.1 Å². The maximum absolute atomic E-state index is 11.8. The highest BCUT2D eigenvalue weighted by molar-refractivity contribution is 7.89. The third-order valence-corrected chi connectivity index (χ3v) is 3.83. The van der Waals surface area contributed by atoms with E-state index in [9.17, 15) is 8.42 Å². The standard InChI is InChI=1S/C10H16ClN3O2S/c1-14(2)7-3-6-13-17(15,16)9-4-5-10(11)12-8-9/h4-5,8,13H,3,6-7H2,1-2H3/p+1. The van der Waals surface area contributed by atoms with E-state index in [1.54, 1.807) is 0 Å². The third-order valence-electron chi connectivity index (χ3n) is 2.16. The Morgan fingerprint density at radius 1 is 1.41 bits per heavy atom. The quantitative estimate of drug-likeness (QED) is 0.547. The summed E-state index contributed by atoms with van der Waals surface area (Å²) in [5, 5.41) is 0.278. The Hall–Kier alpha value is -0.690. The molecule has 0 atom stereocenters. The number of hydrogen-bond acceptors (Lipinski definition) is 3. The first-order valence-corrected chi connectivity index (χ1v) is 7.18. The largest absolute Gasteiger partial charge is 0.340 e. The molecule has 0 bridgehead atoms. The molecule has 0 saturated heterocycles. The Kier molecular flexibility index (Phi) is 5.32. The fraction of sp³-hybridized carbons (Fsp3) is 0.500. The minimum Gasteiger partial charge on any atom is -0.340 e. The zero-order chi connectivity index (χ0) is 12.9. The molecule has 0 fully saturated rings. The van der Waals surface area contributed by atoms with E-state index in [4.69, 9.17) is 11.6 Å². The molecule has 0 unspecified atom stereocenters. The minimum absolute atomic E-state index is 0.138. The van der Waals surface area contributed by atoms with Gasteiger partial charge in [-0.25, -0.2) is 18.1 Å². The van der Waals surface area contributed by atoms with Gasteiger partial charge in [0.2, 0.25) is 10.0 Å². The zero-order valence-corrected chi connectivity index (χ0v) is 11.5.